The van der Waals surface area contributed by atoms with Gasteiger partial charge in [0.05, 0.1) is 40.5 Å². The maximum atomic E-state index is 11.5. The van der Waals surface area contributed by atoms with Gasteiger partial charge in [-0.3, -0.25) is 9.59 Å². The lowest BCUT2D eigenvalue weighted by molar-refractivity contribution is -0.144. The minimum atomic E-state index is -0.176. The average Bonchev–Trinajstić information content (AvgIpc) is 3.31. The fourth-order valence-electron chi connectivity index (χ4n) is 3.54. The standard InChI is InChI=1S/C27H34N2O6S2/c1-4-32-22(30)12-8-6-10-14-34-21-16-19(3)24(35-15-11-7-9-13-23(31)33-5-2)26-25(21)36-27(37-26)20(17-28)18-29/h16H,4-15H2,1-3H3. The van der Waals surface area contributed by atoms with E-state index in [4.69, 9.17) is 18.9 Å². The highest BCUT2D eigenvalue weighted by Gasteiger charge is 2.30. The first-order chi connectivity index (χ1) is 17.9. The molecule has 1 heterocycles. The number of thioether (sulfide) groups is 2. The Balaban J connectivity index is 2.01. The van der Waals surface area contributed by atoms with E-state index in [0.717, 1.165) is 59.6 Å². The molecule has 1 aliphatic heterocycles. The first kappa shape index (κ1) is 30.4. The molecule has 0 spiro atoms. The molecule has 0 saturated carbocycles. The van der Waals surface area contributed by atoms with Gasteiger partial charge in [-0.1, -0.05) is 23.5 Å². The average molecular weight is 547 g/mol. The van der Waals surface area contributed by atoms with Crippen molar-refractivity contribution in [1.29, 1.82) is 10.5 Å². The van der Waals surface area contributed by atoms with E-state index >= 15 is 0 Å². The summed E-state index contributed by atoms with van der Waals surface area (Å²) in [5.74, 6) is 1.07. The first-order valence-electron chi connectivity index (χ1n) is 12.6. The Morgan fingerprint density at radius 2 is 1.35 bits per heavy atom. The number of hydrogen-bond acceptors (Lipinski definition) is 10. The summed E-state index contributed by atoms with van der Waals surface area (Å²) in [6.45, 7) is 7.31. The Morgan fingerprint density at radius 1 is 0.811 bits per heavy atom. The zero-order chi connectivity index (χ0) is 27.0. The molecule has 1 aromatic rings. The topological polar surface area (TPSA) is 119 Å². The van der Waals surface area contributed by atoms with Crippen molar-refractivity contribution in [2.24, 2.45) is 0 Å². The molecule has 0 bridgehead atoms. The number of fused-ring (bicyclic) bond motifs is 1. The van der Waals surface area contributed by atoms with E-state index in [-0.39, 0.29) is 17.5 Å². The zero-order valence-electron chi connectivity index (χ0n) is 21.7. The summed E-state index contributed by atoms with van der Waals surface area (Å²) in [5, 5.41) is 18.7. The number of nitrogens with zero attached hydrogens (tertiary/aromatic N) is 2. The van der Waals surface area contributed by atoms with Crippen LogP contribution in [0.2, 0.25) is 0 Å². The van der Waals surface area contributed by atoms with E-state index in [1.807, 2.05) is 25.1 Å². The number of carbonyl (C=O) groups is 2. The number of aryl methyl sites for hydroxylation is 1. The molecule has 0 amide bonds. The summed E-state index contributed by atoms with van der Waals surface area (Å²) in [6.07, 6.45) is 5.58. The minimum absolute atomic E-state index is 0.0682. The van der Waals surface area contributed by atoms with E-state index in [0.29, 0.717) is 49.3 Å². The number of unbranched alkanes of at least 4 members (excludes halogenated alkanes) is 4. The molecule has 0 radical (unpaired) electrons. The smallest absolute Gasteiger partial charge is 0.305 e. The maximum absolute atomic E-state index is 11.5. The molecule has 1 aliphatic rings. The van der Waals surface area contributed by atoms with Crippen LogP contribution in [0.5, 0.6) is 11.5 Å². The van der Waals surface area contributed by atoms with Crippen molar-refractivity contribution in [1.82, 2.24) is 0 Å². The van der Waals surface area contributed by atoms with E-state index in [9.17, 15) is 20.1 Å². The second-order valence-electron chi connectivity index (χ2n) is 8.20. The van der Waals surface area contributed by atoms with Gasteiger partial charge in [0.2, 0.25) is 0 Å². The van der Waals surface area contributed by atoms with Crippen LogP contribution < -0.4 is 9.47 Å². The predicted octanol–water partition coefficient (Wildman–Crippen LogP) is 6.46. The first-order valence-corrected chi connectivity index (χ1v) is 14.2. The summed E-state index contributed by atoms with van der Waals surface area (Å²) in [7, 11) is 0. The monoisotopic (exact) mass is 546 g/mol. The molecule has 0 aromatic heterocycles. The van der Waals surface area contributed by atoms with Crippen LogP contribution in [-0.2, 0) is 19.1 Å². The van der Waals surface area contributed by atoms with Crippen LogP contribution in [0.15, 0.2) is 25.7 Å². The number of nitriles is 2. The van der Waals surface area contributed by atoms with E-state index in [1.165, 1.54) is 23.5 Å². The van der Waals surface area contributed by atoms with E-state index < -0.39 is 0 Å². The number of ether oxygens (including phenoxy) is 4. The Kier molecular flexibility index (Phi) is 13.8. The van der Waals surface area contributed by atoms with Crippen molar-refractivity contribution >= 4 is 35.5 Å². The highest BCUT2D eigenvalue weighted by Crippen LogP contribution is 2.59. The van der Waals surface area contributed by atoms with Gasteiger partial charge in [-0.25, -0.2) is 0 Å². The number of carbonyl (C=O) groups excluding carboxylic acids is 2. The molecule has 0 saturated heterocycles. The van der Waals surface area contributed by atoms with Gasteiger partial charge in [0.15, 0.2) is 0 Å². The van der Waals surface area contributed by atoms with E-state index in [2.05, 4.69) is 0 Å². The Bertz CT molecular complexity index is 1040. The van der Waals surface area contributed by atoms with Gasteiger partial charge in [-0.05, 0) is 70.9 Å². The number of hydrogen-bond donors (Lipinski definition) is 0. The molecule has 37 heavy (non-hydrogen) atoms. The van der Waals surface area contributed by atoms with Crippen molar-refractivity contribution in [3.05, 3.63) is 21.4 Å². The number of allylic oxidation sites excluding steroid dienone is 1. The molecule has 2 rings (SSSR count). The van der Waals surface area contributed by atoms with Crippen LogP contribution >= 0.6 is 23.5 Å². The molecule has 0 fully saturated rings. The van der Waals surface area contributed by atoms with Crippen molar-refractivity contribution in [2.75, 3.05) is 26.4 Å². The third-order valence-corrected chi connectivity index (χ3v) is 7.94. The SMILES string of the molecule is CCOC(=O)CCCCCOc1cc(C)c(OCCCCCC(=O)OCC)c2c1SC(=C(C#N)C#N)S2. The van der Waals surface area contributed by atoms with Crippen LogP contribution in [-0.4, -0.2) is 38.4 Å². The lowest BCUT2D eigenvalue weighted by atomic mass is 10.2. The highest BCUT2D eigenvalue weighted by molar-refractivity contribution is 8.24. The summed E-state index contributed by atoms with van der Waals surface area (Å²) in [6, 6.07) is 5.87. The van der Waals surface area contributed by atoms with Crippen LogP contribution in [0, 0.1) is 29.6 Å². The van der Waals surface area contributed by atoms with Crippen molar-refractivity contribution in [2.45, 2.75) is 81.9 Å². The van der Waals surface area contributed by atoms with Gasteiger partial charge in [-0.2, -0.15) is 10.5 Å². The van der Waals surface area contributed by atoms with Gasteiger partial charge in [0.25, 0.3) is 0 Å². The quantitative estimate of drug-likeness (QED) is 0.130. The fourth-order valence-corrected chi connectivity index (χ4v) is 6.13. The van der Waals surface area contributed by atoms with Gasteiger partial charge < -0.3 is 18.9 Å². The Morgan fingerprint density at radius 3 is 1.89 bits per heavy atom. The maximum Gasteiger partial charge on any atom is 0.305 e. The molecule has 10 heteroatoms. The minimum Gasteiger partial charge on any atom is -0.492 e. The lowest BCUT2D eigenvalue weighted by Crippen LogP contribution is -2.05. The highest BCUT2D eigenvalue weighted by atomic mass is 32.2. The molecule has 0 unspecified atom stereocenters. The van der Waals surface area contributed by atoms with Gasteiger partial charge in [-0.15, -0.1) is 0 Å². The van der Waals surface area contributed by atoms with E-state index in [1.54, 1.807) is 13.8 Å². The fraction of sp³-hybridized carbons (Fsp3) is 0.556. The van der Waals surface area contributed by atoms with Crippen LogP contribution in [0.25, 0.3) is 0 Å². The number of esters is 2. The Labute approximate surface area is 227 Å². The molecule has 0 aliphatic carbocycles. The van der Waals surface area contributed by atoms with Crippen molar-refractivity contribution in [3.8, 4) is 23.6 Å². The lowest BCUT2D eigenvalue weighted by Gasteiger charge is -2.16. The summed E-state index contributed by atoms with van der Waals surface area (Å²) in [5.41, 5.74) is 0.978. The molecule has 0 N–H and O–H groups in total. The molecular weight excluding hydrogens is 512 g/mol. The van der Waals surface area contributed by atoms with Gasteiger partial charge in [0, 0.05) is 12.8 Å². The second kappa shape index (κ2) is 16.8. The molecule has 0 atom stereocenters. The zero-order valence-corrected chi connectivity index (χ0v) is 23.4. The molecule has 8 nitrogen and oxygen atoms in total. The molecule has 200 valence electrons. The summed E-state index contributed by atoms with van der Waals surface area (Å²) < 4.78 is 22.8. The van der Waals surface area contributed by atoms with Crippen LogP contribution in [0.4, 0.5) is 0 Å². The summed E-state index contributed by atoms with van der Waals surface area (Å²) in [4.78, 5) is 24.6. The molecular formula is C27H34N2O6S2. The largest absolute Gasteiger partial charge is 0.492 e. The third kappa shape index (κ3) is 9.87. The van der Waals surface area contributed by atoms with Crippen LogP contribution in [0.1, 0.15) is 70.8 Å². The second-order valence-corrected chi connectivity index (χ2v) is 10.5. The van der Waals surface area contributed by atoms with Gasteiger partial charge >= 0.3 is 11.9 Å². The van der Waals surface area contributed by atoms with Crippen molar-refractivity contribution < 1.29 is 28.5 Å². The normalized spacial score (nSPS) is 11.8. The van der Waals surface area contributed by atoms with Crippen LogP contribution in [0.3, 0.4) is 0 Å². The predicted molar refractivity (Wildman–Crippen MR) is 142 cm³/mol. The van der Waals surface area contributed by atoms with Crippen molar-refractivity contribution in [3.63, 3.8) is 0 Å². The number of rotatable bonds is 16. The Hall–Kier alpha value is -2.82. The summed E-state index contributed by atoms with van der Waals surface area (Å²) >= 11 is 2.72. The van der Waals surface area contributed by atoms with Gasteiger partial charge in [0.1, 0.15) is 29.2 Å². The molecule has 1 aromatic carbocycles. The number of benzene rings is 1. The third-order valence-electron chi connectivity index (χ3n) is 5.32.